The van der Waals surface area contributed by atoms with Crippen molar-refractivity contribution in [3.8, 4) is 5.75 Å². The molecule has 0 saturated heterocycles. The third-order valence-electron chi connectivity index (χ3n) is 4.97. The number of anilines is 2. The van der Waals surface area contributed by atoms with Crippen LogP contribution in [0, 0.1) is 0 Å². The molecule has 7 heteroatoms. The van der Waals surface area contributed by atoms with Crippen molar-refractivity contribution in [2.24, 2.45) is 0 Å². The van der Waals surface area contributed by atoms with Crippen molar-refractivity contribution in [1.29, 1.82) is 0 Å². The Morgan fingerprint density at radius 1 is 1.11 bits per heavy atom. The highest BCUT2D eigenvalue weighted by molar-refractivity contribution is 6.35. The molecule has 1 heterocycles. The standard InChI is InChI=1S/C20H16Cl2N2O3/c1-24-8-13(12-6-10(21)7-15(22)14(12)9-24)11-4-2-3-5-16(11)23-17-18(25)20(27)19(17)26/h2-7,13,23,25H,8-9H2,1H3. The molecule has 0 amide bonds. The number of nitrogens with one attached hydrogen (secondary N) is 1. The first kappa shape index (κ1) is 18.0. The van der Waals surface area contributed by atoms with Crippen LogP contribution in [0.1, 0.15) is 22.6 Å². The average molecular weight is 403 g/mol. The minimum Gasteiger partial charge on any atom is -0.502 e. The van der Waals surface area contributed by atoms with Crippen molar-refractivity contribution in [1.82, 2.24) is 4.90 Å². The fourth-order valence-electron chi connectivity index (χ4n) is 3.66. The first-order valence-electron chi connectivity index (χ1n) is 8.41. The Bertz CT molecular complexity index is 1120. The monoisotopic (exact) mass is 402 g/mol. The zero-order valence-corrected chi connectivity index (χ0v) is 15.9. The summed E-state index contributed by atoms with van der Waals surface area (Å²) in [5.41, 5.74) is 1.99. The zero-order valence-electron chi connectivity index (χ0n) is 14.4. The second-order valence-electron chi connectivity index (χ2n) is 6.80. The Balaban J connectivity index is 1.82. The van der Waals surface area contributed by atoms with Gasteiger partial charge in [0.2, 0.25) is 0 Å². The molecule has 0 saturated carbocycles. The number of halogens is 2. The molecule has 27 heavy (non-hydrogen) atoms. The number of rotatable bonds is 3. The van der Waals surface area contributed by atoms with E-state index in [0.29, 0.717) is 15.7 Å². The topological polar surface area (TPSA) is 69.6 Å². The highest BCUT2D eigenvalue weighted by Gasteiger charge is 2.29. The quantitative estimate of drug-likeness (QED) is 0.654. The van der Waals surface area contributed by atoms with Crippen LogP contribution in [-0.4, -0.2) is 23.6 Å². The van der Waals surface area contributed by atoms with Gasteiger partial charge in [-0.15, -0.1) is 0 Å². The van der Waals surface area contributed by atoms with Gasteiger partial charge in [0, 0.05) is 34.7 Å². The molecular weight excluding hydrogens is 387 g/mol. The molecule has 0 aliphatic carbocycles. The number of benzene rings is 2. The Morgan fingerprint density at radius 3 is 2.59 bits per heavy atom. The molecule has 1 atom stereocenters. The fraction of sp³-hybridized carbons (Fsp3) is 0.200. The van der Waals surface area contributed by atoms with Crippen LogP contribution in [0.3, 0.4) is 0 Å². The lowest BCUT2D eigenvalue weighted by molar-refractivity contribution is 0.295. The van der Waals surface area contributed by atoms with E-state index >= 15 is 0 Å². The maximum absolute atomic E-state index is 11.7. The number of fused-ring (bicyclic) bond motifs is 1. The van der Waals surface area contributed by atoms with E-state index in [1.54, 1.807) is 6.07 Å². The summed E-state index contributed by atoms with van der Waals surface area (Å²) in [5.74, 6) is -0.561. The molecule has 4 rings (SSSR count). The van der Waals surface area contributed by atoms with Crippen LogP contribution in [0.2, 0.25) is 10.0 Å². The predicted molar refractivity (Wildman–Crippen MR) is 107 cm³/mol. The minimum atomic E-state index is -0.865. The second-order valence-corrected chi connectivity index (χ2v) is 7.64. The maximum Gasteiger partial charge on any atom is 0.271 e. The SMILES string of the molecule is CN1Cc2c(Cl)cc(Cl)cc2C(c2ccccc2Nc2c(O)c(=O)c2=O)C1. The lowest BCUT2D eigenvalue weighted by atomic mass is 9.84. The maximum atomic E-state index is 11.7. The molecular formula is C20H16Cl2N2O3. The molecule has 2 N–H and O–H groups in total. The summed E-state index contributed by atoms with van der Waals surface area (Å²) in [7, 11) is 2.01. The number of nitrogens with zero attached hydrogens (tertiary/aromatic N) is 1. The van der Waals surface area contributed by atoms with Crippen molar-refractivity contribution in [2.75, 3.05) is 18.9 Å². The van der Waals surface area contributed by atoms with Crippen LogP contribution in [-0.2, 0) is 6.54 Å². The van der Waals surface area contributed by atoms with E-state index in [4.69, 9.17) is 23.2 Å². The molecule has 1 aliphatic rings. The first-order chi connectivity index (χ1) is 12.9. The van der Waals surface area contributed by atoms with E-state index in [1.165, 1.54) is 0 Å². The van der Waals surface area contributed by atoms with Crippen LogP contribution in [0.15, 0.2) is 46.0 Å². The van der Waals surface area contributed by atoms with Crippen molar-refractivity contribution in [3.05, 3.63) is 83.6 Å². The number of hydrogen-bond donors (Lipinski definition) is 2. The Labute approximate surface area is 165 Å². The second kappa shape index (κ2) is 6.68. The summed E-state index contributed by atoms with van der Waals surface area (Å²) in [5, 5.41) is 13.8. The van der Waals surface area contributed by atoms with E-state index in [2.05, 4.69) is 10.2 Å². The summed E-state index contributed by atoms with van der Waals surface area (Å²) in [6.07, 6.45) is 0. The molecule has 0 fully saturated rings. The predicted octanol–water partition coefficient (Wildman–Crippen LogP) is 3.62. The zero-order chi connectivity index (χ0) is 19.3. The van der Waals surface area contributed by atoms with E-state index in [-0.39, 0.29) is 11.6 Å². The number of para-hydroxylation sites is 1. The summed E-state index contributed by atoms with van der Waals surface area (Å²) in [6, 6.07) is 11.2. The highest BCUT2D eigenvalue weighted by atomic mass is 35.5. The number of aromatic hydroxyl groups is 1. The normalized spacial score (nSPS) is 17.1. The van der Waals surface area contributed by atoms with Crippen LogP contribution in [0.5, 0.6) is 5.75 Å². The highest BCUT2D eigenvalue weighted by Crippen LogP contribution is 2.41. The van der Waals surface area contributed by atoms with Crippen LogP contribution < -0.4 is 16.2 Å². The molecule has 1 aliphatic heterocycles. The largest absolute Gasteiger partial charge is 0.502 e. The average Bonchev–Trinajstić information content (AvgIpc) is 2.65. The third kappa shape index (κ3) is 3.02. The van der Waals surface area contributed by atoms with Crippen molar-refractivity contribution in [3.63, 3.8) is 0 Å². The lowest BCUT2D eigenvalue weighted by Gasteiger charge is -2.34. The van der Waals surface area contributed by atoms with Crippen LogP contribution in [0.25, 0.3) is 0 Å². The van der Waals surface area contributed by atoms with Gasteiger partial charge in [-0.2, -0.15) is 0 Å². The van der Waals surface area contributed by atoms with Gasteiger partial charge in [0.25, 0.3) is 10.9 Å². The Morgan fingerprint density at radius 2 is 1.85 bits per heavy atom. The van der Waals surface area contributed by atoms with Gasteiger partial charge in [0.05, 0.1) is 0 Å². The summed E-state index contributed by atoms with van der Waals surface area (Å²) in [4.78, 5) is 25.2. The molecule has 1 unspecified atom stereocenters. The van der Waals surface area contributed by atoms with Gasteiger partial charge >= 0.3 is 0 Å². The molecule has 3 aromatic rings. The van der Waals surface area contributed by atoms with Gasteiger partial charge in [0.15, 0.2) is 5.75 Å². The smallest absolute Gasteiger partial charge is 0.271 e. The van der Waals surface area contributed by atoms with Crippen molar-refractivity contribution >= 4 is 34.6 Å². The van der Waals surface area contributed by atoms with Crippen LogP contribution >= 0.6 is 23.2 Å². The Kier molecular flexibility index (Phi) is 4.46. The Hall–Kier alpha value is -2.34. The molecule has 3 aromatic carbocycles. The number of likely N-dealkylation sites (N-methyl/N-ethyl adjacent to an activating group) is 1. The van der Waals surface area contributed by atoms with Gasteiger partial charge in [-0.3, -0.25) is 9.59 Å². The summed E-state index contributed by atoms with van der Waals surface area (Å²) < 4.78 is 0. The van der Waals surface area contributed by atoms with E-state index in [1.807, 2.05) is 37.4 Å². The third-order valence-corrected chi connectivity index (χ3v) is 5.53. The van der Waals surface area contributed by atoms with Gasteiger partial charge in [0.1, 0.15) is 5.69 Å². The minimum absolute atomic E-state index is 0.0349. The van der Waals surface area contributed by atoms with Gasteiger partial charge in [-0.1, -0.05) is 41.4 Å². The molecule has 0 bridgehead atoms. The van der Waals surface area contributed by atoms with Crippen LogP contribution in [0.4, 0.5) is 11.4 Å². The molecule has 0 spiro atoms. The molecule has 0 radical (unpaired) electrons. The van der Waals surface area contributed by atoms with E-state index in [0.717, 1.165) is 29.8 Å². The van der Waals surface area contributed by atoms with Gasteiger partial charge in [-0.05, 0) is 41.9 Å². The van der Waals surface area contributed by atoms with Gasteiger partial charge < -0.3 is 15.3 Å². The number of hydrogen-bond acceptors (Lipinski definition) is 5. The molecule has 138 valence electrons. The van der Waals surface area contributed by atoms with E-state index in [9.17, 15) is 14.7 Å². The first-order valence-corrected chi connectivity index (χ1v) is 9.17. The molecule has 0 aromatic heterocycles. The van der Waals surface area contributed by atoms with E-state index < -0.39 is 16.6 Å². The fourth-order valence-corrected chi connectivity index (χ4v) is 4.23. The van der Waals surface area contributed by atoms with Crippen molar-refractivity contribution < 1.29 is 5.11 Å². The van der Waals surface area contributed by atoms with Gasteiger partial charge in [-0.25, -0.2) is 0 Å². The molecule has 5 nitrogen and oxygen atoms in total. The summed E-state index contributed by atoms with van der Waals surface area (Å²) in [6.45, 7) is 1.45. The van der Waals surface area contributed by atoms with Crippen molar-refractivity contribution in [2.45, 2.75) is 12.5 Å². The summed E-state index contributed by atoms with van der Waals surface area (Å²) >= 11 is 12.7. The lowest BCUT2D eigenvalue weighted by Crippen LogP contribution is -2.33.